The van der Waals surface area contributed by atoms with Crippen molar-refractivity contribution in [2.45, 2.75) is 51.6 Å². The number of aryl methyl sites for hydroxylation is 1. The van der Waals surface area contributed by atoms with Gasteiger partial charge in [0.2, 0.25) is 18.6 Å². The normalized spacial score (nSPS) is 12.7. The van der Waals surface area contributed by atoms with E-state index in [0.29, 0.717) is 46.5 Å². The van der Waals surface area contributed by atoms with Gasteiger partial charge in [0.15, 0.2) is 11.5 Å². The van der Waals surface area contributed by atoms with Gasteiger partial charge in [0.25, 0.3) is 0 Å². The molecule has 3 aromatic carbocycles. The Morgan fingerprint density at radius 1 is 0.947 bits per heavy atom. The molecule has 2 amide bonds. The molecule has 0 spiro atoms. The van der Waals surface area contributed by atoms with Gasteiger partial charge in [-0.3, -0.25) is 9.59 Å². The van der Waals surface area contributed by atoms with Crippen LogP contribution in [0.3, 0.4) is 0 Å². The summed E-state index contributed by atoms with van der Waals surface area (Å²) < 4.78 is 10.9. The molecule has 4 rings (SSSR count). The lowest BCUT2D eigenvalue weighted by atomic mass is 10.0. The van der Waals surface area contributed by atoms with Crippen molar-refractivity contribution in [1.82, 2.24) is 10.2 Å². The predicted molar refractivity (Wildman–Crippen MR) is 150 cm³/mol. The second-order valence-electron chi connectivity index (χ2n) is 9.26. The minimum atomic E-state index is -0.731. The molecule has 0 aromatic heterocycles. The average molecular weight is 556 g/mol. The summed E-state index contributed by atoms with van der Waals surface area (Å²) in [6.07, 6.45) is 2.87. The highest BCUT2D eigenvalue weighted by atomic mass is 35.5. The van der Waals surface area contributed by atoms with Crippen molar-refractivity contribution in [1.29, 1.82) is 0 Å². The molecule has 0 radical (unpaired) electrons. The minimum Gasteiger partial charge on any atom is -0.454 e. The highest BCUT2D eigenvalue weighted by Gasteiger charge is 2.31. The van der Waals surface area contributed by atoms with Gasteiger partial charge >= 0.3 is 0 Å². The van der Waals surface area contributed by atoms with Gasteiger partial charge in [-0.2, -0.15) is 0 Å². The van der Waals surface area contributed by atoms with Crippen molar-refractivity contribution in [3.63, 3.8) is 0 Å². The van der Waals surface area contributed by atoms with E-state index >= 15 is 0 Å². The molecule has 1 heterocycles. The molecule has 1 aliphatic rings. The molecule has 8 heteroatoms. The smallest absolute Gasteiger partial charge is 0.243 e. The lowest BCUT2D eigenvalue weighted by Gasteiger charge is -2.32. The lowest BCUT2D eigenvalue weighted by Crippen LogP contribution is -2.50. The molecule has 1 aliphatic heterocycles. The number of benzene rings is 3. The van der Waals surface area contributed by atoms with E-state index in [4.69, 9.17) is 32.7 Å². The van der Waals surface area contributed by atoms with Crippen LogP contribution in [-0.4, -0.2) is 36.1 Å². The second-order valence-corrected chi connectivity index (χ2v) is 10.1. The number of hydrogen-bond acceptors (Lipinski definition) is 4. The first-order chi connectivity index (χ1) is 18.5. The Hall–Kier alpha value is -3.22. The Morgan fingerprint density at radius 2 is 1.68 bits per heavy atom. The van der Waals surface area contributed by atoms with Gasteiger partial charge in [0.05, 0.1) is 0 Å². The van der Waals surface area contributed by atoms with Gasteiger partial charge in [-0.25, -0.2) is 0 Å². The zero-order valence-corrected chi connectivity index (χ0v) is 22.9. The monoisotopic (exact) mass is 554 g/mol. The summed E-state index contributed by atoms with van der Waals surface area (Å²) in [6.45, 7) is 2.93. The van der Waals surface area contributed by atoms with Crippen LogP contribution in [0.2, 0.25) is 10.0 Å². The molecule has 0 saturated carbocycles. The fraction of sp³-hybridized carbons (Fsp3) is 0.333. The van der Waals surface area contributed by atoms with Crippen molar-refractivity contribution >= 4 is 35.0 Å². The number of rotatable bonds is 12. The first-order valence-corrected chi connectivity index (χ1v) is 13.6. The third kappa shape index (κ3) is 7.21. The van der Waals surface area contributed by atoms with E-state index < -0.39 is 6.04 Å². The maximum atomic E-state index is 13.8. The van der Waals surface area contributed by atoms with Crippen molar-refractivity contribution in [3.8, 4) is 11.5 Å². The average Bonchev–Trinajstić information content (AvgIpc) is 3.39. The summed E-state index contributed by atoms with van der Waals surface area (Å²) in [4.78, 5) is 29.0. The van der Waals surface area contributed by atoms with Crippen LogP contribution in [0.5, 0.6) is 11.5 Å². The van der Waals surface area contributed by atoms with Crippen LogP contribution in [-0.2, 0) is 29.0 Å². The van der Waals surface area contributed by atoms with Crippen LogP contribution in [0.1, 0.15) is 42.9 Å². The SMILES string of the molecule is CCCCNC(=O)[C@H](Cc1ccccc1)N(Cc1c(Cl)cccc1Cl)C(=O)CCc1ccc2c(c1)OCO2. The maximum absolute atomic E-state index is 13.8. The van der Waals surface area contributed by atoms with E-state index in [1.807, 2.05) is 48.5 Å². The molecular formula is C30H32Cl2N2O4. The van der Waals surface area contributed by atoms with Crippen molar-refractivity contribution in [2.24, 2.45) is 0 Å². The third-order valence-electron chi connectivity index (χ3n) is 6.56. The minimum absolute atomic E-state index is 0.122. The van der Waals surface area contributed by atoms with Crippen LogP contribution < -0.4 is 14.8 Å². The molecule has 1 atom stereocenters. The topological polar surface area (TPSA) is 67.9 Å². The summed E-state index contributed by atoms with van der Waals surface area (Å²) in [5.74, 6) is 1.01. The number of nitrogens with one attached hydrogen (secondary N) is 1. The van der Waals surface area contributed by atoms with Gasteiger partial charge in [0, 0.05) is 41.5 Å². The molecule has 0 saturated heterocycles. The van der Waals surface area contributed by atoms with Gasteiger partial charge in [-0.15, -0.1) is 0 Å². The Morgan fingerprint density at radius 3 is 2.42 bits per heavy atom. The largest absolute Gasteiger partial charge is 0.454 e. The van der Waals surface area contributed by atoms with Crippen molar-refractivity contribution in [3.05, 3.63) is 93.5 Å². The fourth-order valence-corrected chi connectivity index (χ4v) is 4.92. The standard InChI is InChI=1S/C30H32Cl2N2O4/c1-2-3-16-33-30(36)26(17-21-8-5-4-6-9-21)34(19-23-24(31)10-7-11-25(23)32)29(35)15-13-22-12-14-27-28(18-22)38-20-37-27/h4-12,14,18,26H,2-3,13,15-17,19-20H2,1H3,(H,33,36)/t26-/m0/s1. The van der Waals surface area contributed by atoms with Gasteiger partial charge in [-0.05, 0) is 48.2 Å². The maximum Gasteiger partial charge on any atom is 0.243 e. The molecule has 0 fully saturated rings. The first kappa shape index (κ1) is 27.8. The molecule has 38 heavy (non-hydrogen) atoms. The van der Waals surface area contributed by atoms with Crippen LogP contribution in [0.4, 0.5) is 0 Å². The lowest BCUT2D eigenvalue weighted by molar-refractivity contribution is -0.141. The molecular weight excluding hydrogens is 523 g/mol. The molecule has 3 aromatic rings. The zero-order chi connectivity index (χ0) is 26.9. The van der Waals surface area contributed by atoms with Gasteiger partial charge in [0.1, 0.15) is 6.04 Å². The zero-order valence-electron chi connectivity index (χ0n) is 21.4. The van der Waals surface area contributed by atoms with Crippen LogP contribution in [0.15, 0.2) is 66.7 Å². The number of unbranched alkanes of at least 4 members (excludes halogenated alkanes) is 1. The fourth-order valence-electron chi connectivity index (χ4n) is 4.41. The van der Waals surface area contributed by atoms with E-state index in [0.717, 1.165) is 24.0 Å². The summed E-state index contributed by atoms with van der Waals surface area (Å²) >= 11 is 13.0. The number of fused-ring (bicyclic) bond motifs is 1. The van der Waals surface area contributed by atoms with E-state index in [1.165, 1.54) is 0 Å². The molecule has 0 unspecified atom stereocenters. The van der Waals surface area contributed by atoms with E-state index in [2.05, 4.69) is 12.2 Å². The Labute approximate surface area is 233 Å². The number of nitrogens with zero attached hydrogens (tertiary/aromatic N) is 1. The molecule has 1 N–H and O–H groups in total. The van der Waals surface area contributed by atoms with E-state index in [1.54, 1.807) is 23.1 Å². The second kappa shape index (κ2) is 13.5. The van der Waals surface area contributed by atoms with Gasteiger partial charge < -0.3 is 19.7 Å². The summed E-state index contributed by atoms with van der Waals surface area (Å²) in [5, 5.41) is 3.94. The summed E-state index contributed by atoms with van der Waals surface area (Å²) in [5.41, 5.74) is 2.53. The Balaban J connectivity index is 1.62. The van der Waals surface area contributed by atoms with Crippen LogP contribution in [0, 0.1) is 0 Å². The number of ether oxygens (including phenoxy) is 2. The molecule has 0 bridgehead atoms. The third-order valence-corrected chi connectivity index (χ3v) is 7.26. The van der Waals surface area contributed by atoms with Crippen molar-refractivity contribution < 1.29 is 19.1 Å². The summed E-state index contributed by atoms with van der Waals surface area (Å²) in [6, 6.07) is 19.9. The highest BCUT2D eigenvalue weighted by molar-refractivity contribution is 6.36. The van der Waals surface area contributed by atoms with Crippen molar-refractivity contribution in [2.75, 3.05) is 13.3 Å². The summed E-state index contributed by atoms with van der Waals surface area (Å²) in [7, 11) is 0. The Bertz CT molecular complexity index is 1230. The number of carbonyl (C=O) groups excluding carboxylic acids is 2. The number of hydrogen-bond donors (Lipinski definition) is 1. The predicted octanol–water partition coefficient (Wildman–Crippen LogP) is 6.21. The quantitative estimate of drug-likeness (QED) is 0.270. The Kier molecular flexibility index (Phi) is 9.91. The number of halogens is 2. The van der Waals surface area contributed by atoms with E-state index in [9.17, 15) is 9.59 Å². The first-order valence-electron chi connectivity index (χ1n) is 12.9. The van der Waals surface area contributed by atoms with Crippen LogP contribution >= 0.6 is 23.2 Å². The molecule has 6 nitrogen and oxygen atoms in total. The molecule has 0 aliphatic carbocycles. The van der Waals surface area contributed by atoms with Gasteiger partial charge in [-0.1, -0.05) is 79.0 Å². The number of amides is 2. The highest BCUT2D eigenvalue weighted by Crippen LogP contribution is 2.33. The van der Waals surface area contributed by atoms with Crippen LogP contribution in [0.25, 0.3) is 0 Å². The van der Waals surface area contributed by atoms with E-state index in [-0.39, 0.29) is 31.6 Å². The molecule has 200 valence electrons. The number of carbonyl (C=O) groups is 2.